The molecule has 3 heterocycles. The highest BCUT2D eigenvalue weighted by Crippen LogP contribution is 2.38. The number of hydrogen-bond acceptors (Lipinski definition) is 4. The molecule has 0 unspecified atom stereocenters. The van der Waals surface area contributed by atoms with Crippen LogP contribution in [-0.2, 0) is 0 Å². The van der Waals surface area contributed by atoms with Crippen molar-refractivity contribution in [1.29, 1.82) is 15.8 Å². The van der Waals surface area contributed by atoms with Gasteiger partial charge in [-0.2, -0.15) is 15.8 Å². The number of aromatic nitrogens is 2. The summed E-state index contributed by atoms with van der Waals surface area (Å²) in [5, 5.41) is 35.2. The number of furan rings is 1. The van der Waals surface area contributed by atoms with Gasteiger partial charge in [0, 0.05) is 43.7 Å². The van der Waals surface area contributed by atoms with Crippen LogP contribution in [0.15, 0.2) is 114 Å². The van der Waals surface area contributed by atoms with E-state index >= 15 is 0 Å². The predicted octanol–water partition coefficient (Wildman–Crippen LogP) is 9.70. The maximum absolute atomic E-state index is 9.70. The molecule has 0 radical (unpaired) electrons. The second-order valence-corrected chi connectivity index (χ2v) is 11.7. The molecule has 0 N–H and O–H groups in total. The van der Waals surface area contributed by atoms with Crippen molar-refractivity contribution in [3.63, 3.8) is 0 Å². The van der Waals surface area contributed by atoms with E-state index in [2.05, 4.69) is 70.7 Å². The zero-order chi connectivity index (χ0) is 31.1. The van der Waals surface area contributed by atoms with E-state index in [9.17, 15) is 15.8 Å². The molecule has 0 aliphatic heterocycles. The molecule has 0 fully saturated rings. The third-order valence-electron chi connectivity index (χ3n) is 9.03. The Morgan fingerprint density at radius 1 is 0.435 bits per heavy atom. The molecule has 0 saturated heterocycles. The molecule has 6 aromatic carbocycles. The molecule has 9 rings (SSSR count). The summed E-state index contributed by atoms with van der Waals surface area (Å²) >= 11 is 0. The van der Waals surface area contributed by atoms with Crippen LogP contribution in [0.25, 0.3) is 76.9 Å². The van der Waals surface area contributed by atoms with E-state index in [1.165, 1.54) is 0 Å². The number of rotatable bonds is 2. The topological polar surface area (TPSA) is 94.4 Å². The monoisotopic (exact) mass is 587 g/mol. The van der Waals surface area contributed by atoms with E-state index in [0.29, 0.717) is 16.7 Å². The zero-order valence-corrected chi connectivity index (χ0v) is 24.5. The lowest BCUT2D eigenvalue weighted by Gasteiger charge is -2.09. The molecule has 0 amide bonds. The fourth-order valence-electron chi connectivity index (χ4n) is 6.94. The van der Waals surface area contributed by atoms with Crippen LogP contribution in [0.5, 0.6) is 0 Å². The summed E-state index contributed by atoms with van der Waals surface area (Å²) in [6.07, 6.45) is 0. The lowest BCUT2D eigenvalue weighted by Crippen LogP contribution is -1.95. The first kappa shape index (κ1) is 25.7. The second-order valence-electron chi connectivity index (χ2n) is 11.7. The van der Waals surface area contributed by atoms with Crippen molar-refractivity contribution in [1.82, 2.24) is 9.13 Å². The highest BCUT2D eigenvalue weighted by Gasteiger charge is 2.18. The Balaban J connectivity index is 1.33. The van der Waals surface area contributed by atoms with Gasteiger partial charge in [0.15, 0.2) is 0 Å². The van der Waals surface area contributed by atoms with Crippen LogP contribution in [-0.4, -0.2) is 9.13 Å². The highest BCUT2D eigenvalue weighted by atomic mass is 16.3. The van der Waals surface area contributed by atoms with Gasteiger partial charge in [0.1, 0.15) is 11.2 Å². The largest absolute Gasteiger partial charge is 0.456 e. The van der Waals surface area contributed by atoms with E-state index in [-0.39, 0.29) is 0 Å². The number of fused-ring (bicyclic) bond motifs is 9. The number of aryl methyl sites for hydroxylation is 1. The molecule has 0 bridgehead atoms. The van der Waals surface area contributed by atoms with Gasteiger partial charge in [0.2, 0.25) is 0 Å². The van der Waals surface area contributed by atoms with Crippen LogP contribution < -0.4 is 0 Å². The van der Waals surface area contributed by atoms with Crippen molar-refractivity contribution in [3.05, 3.63) is 131 Å². The molecular weight excluding hydrogens is 566 g/mol. The standard InChI is InChI=1S/C40H21N5O/c1-23-2-8-29-30-9-3-24(20-41)15-36(30)44(35(29)14-23)27-6-12-39-33(18-27)34-19-28(7-13-40(34)46-39)45-37-16-25(21-42)4-10-31(37)32-11-5-26(22-43)17-38(32)45/h2-19H,1H3. The van der Waals surface area contributed by atoms with Gasteiger partial charge < -0.3 is 13.6 Å². The van der Waals surface area contributed by atoms with Crippen molar-refractivity contribution in [2.75, 3.05) is 0 Å². The van der Waals surface area contributed by atoms with Gasteiger partial charge in [0.05, 0.1) is 57.0 Å². The van der Waals surface area contributed by atoms with Gasteiger partial charge in [-0.25, -0.2) is 0 Å². The molecule has 0 spiro atoms. The number of benzene rings is 6. The van der Waals surface area contributed by atoms with Gasteiger partial charge >= 0.3 is 0 Å². The molecule has 212 valence electrons. The molecule has 9 aromatic rings. The minimum absolute atomic E-state index is 0.567. The van der Waals surface area contributed by atoms with Gasteiger partial charge in [-0.3, -0.25) is 0 Å². The lowest BCUT2D eigenvalue weighted by atomic mass is 10.1. The average Bonchev–Trinajstić information content (AvgIpc) is 3.73. The molecule has 0 saturated carbocycles. The summed E-state index contributed by atoms with van der Waals surface area (Å²) in [7, 11) is 0. The summed E-state index contributed by atoms with van der Waals surface area (Å²) in [6, 6.07) is 42.9. The smallest absolute Gasteiger partial charge is 0.135 e. The SMILES string of the molecule is Cc1ccc2c3ccc(C#N)cc3n(-c3ccc4oc5ccc(-n6c7cc(C#N)ccc7c7ccc(C#N)cc76)cc5c4c3)c2c1. The summed E-state index contributed by atoms with van der Waals surface area (Å²) in [4.78, 5) is 0. The van der Waals surface area contributed by atoms with Crippen LogP contribution in [0, 0.1) is 40.9 Å². The van der Waals surface area contributed by atoms with Crippen LogP contribution in [0.3, 0.4) is 0 Å². The molecule has 0 aliphatic carbocycles. The molecule has 6 heteroatoms. The minimum atomic E-state index is 0.567. The Labute approximate surface area is 262 Å². The first-order chi connectivity index (χ1) is 22.5. The summed E-state index contributed by atoms with van der Waals surface area (Å²) < 4.78 is 10.7. The van der Waals surface area contributed by atoms with E-state index < -0.39 is 0 Å². The van der Waals surface area contributed by atoms with E-state index in [1.807, 2.05) is 72.8 Å². The Morgan fingerprint density at radius 3 is 1.24 bits per heavy atom. The Kier molecular flexibility index (Phi) is 5.21. The van der Waals surface area contributed by atoms with Gasteiger partial charge in [-0.1, -0.05) is 30.3 Å². The van der Waals surface area contributed by atoms with Crippen molar-refractivity contribution in [2.45, 2.75) is 6.92 Å². The summed E-state index contributed by atoms with van der Waals surface area (Å²) in [6.45, 7) is 2.09. The molecule has 3 aromatic heterocycles. The molecular formula is C40H21N5O. The maximum Gasteiger partial charge on any atom is 0.135 e. The zero-order valence-electron chi connectivity index (χ0n) is 24.5. The summed E-state index contributed by atoms with van der Waals surface area (Å²) in [5.41, 5.74) is 10.1. The quantitative estimate of drug-likeness (QED) is 0.201. The van der Waals surface area contributed by atoms with Gasteiger partial charge in [0.25, 0.3) is 0 Å². The number of nitrogens with zero attached hydrogens (tertiary/aromatic N) is 5. The first-order valence-corrected chi connectivity index (χ1v) is 14.8. The van der Waals surface area contributed by atoms with Gasteiger partial charge in [-0.15, -0.1) is 0 Å². The van der Waals surface area contributed by atoms with E-state index in [0.717, 1.165) is 82.5 Å². The normalized spacial score (nSPS) is 11.5. The highest BCUT2D eigenvalue weighted by molar-refractivity contribution is 6.12. The fourth-order valence-corrected chi connectivity index (χ4v) is 6.94. The van der Waals surface area contributed by atoms with Crippen molar-refractivity contribution in [2.24, 2.45) is 0 Å². The Morgan fingerprint density at radius 2 is 0.826 bits per heavy atom. The second kappa shape index (κ2) is 9.34. The van der Waals surface area contributed by atoms with Crippen molar-refractivity contribution >= 4 is 65.6 Å². The Hall–Kier alpha value is -6.81. The van der Waals surface area contributed by atoms with Crippen LogP contribution in [0.2, 0.25) is 0 Å². The fraction of sp³-hybridized carbons (Fsp3) is 0.0250. The van der Waals surface area contributed by atoms with Crippen LogP contribution in [0.4, 0.5) is 0 Å². The third-order valence-corrected chi connectivity index (χ3v) is 9.03. The maximum atomic E-state index is 9.70. The number of hydrogen-bond donors (Lipinski definition) is 0. The average molecular weight is 588 g/mol. The van der Waals surface area contributed by atoms with Crippen molar-refractivity contribution in [3.8, 4) is 29.6 Å². The number of nitriles is 3. The van der Waals surface area contributed by atoms with Crippen LogP contribution >= 0.6 is 0 Å². The molecule has 6 nitrogen and oxygen atoms in total. The molecule has 46 heavy (non-hydrogen) atoms. The van der Waals surface area contributed by atoms with E-state index in [4.69, 9.17) is 4.42 Å². The summed E-state index contributed by atoms with van der Waals surface area (Å²) in [5.74, 6) is 0. The van der Waals surface area contributed by atoms with Crippen LogP contribution in [0.1, 0.15) is 22.3 Å². The first-order valence-electron chi connectivity index (χ1n) is 14.8. The van der Waals surface area contributed by atoms with Gasteiger partial charge in [-0.05, 0) is 91.3 Å². The Bertz CT molecular complexity index is 2840. The molecule has 0 aliphatic rings. The third kappa shape index (κ3) is 3.55. The van der Waals surface area contributed by atoms with E-state index in [1.54, 1.807) is 0 Å². The van der Waals surface area contributed by atoms with Crippen molar-refractivity contribution < 1.29 is 4.42 Å². The lowest BCUT2D eigenvalue weighted by molar-refractivity contribution is 0.669. The predicted molar refractivity (Wildman–Crippen MR) is 181 cm³/mol. The minimum Gasteiger partial charge on any atom is -0.456 e. The molecule has 0 atom stereocenters.